The van der Waals surface area contributed by atoms with E-state index in [9.17, 15) is 18.0 Å². The monoisotopic (exact) mass is 660 g/mol. The second kappa shape index (κ2) is 12.6. The van der Waals surface area contributed by atoms with E-state index in [0.717, 1.165) is 48.6 Å². The van der Waals surface area contributed by atoms with Gasteiger partial charge in [0.15, 0.2) is 5.82 Å². The second-order valence-electron chi connectivity index (χ2n) is 9.98. The molecule has 0 bridgehead atoms. The van der Waals surface area contributed by atoms with Crippen LogP contribution < -0.4 is 10.9 Å². The summed E-state index contributed by atoms with van der Waals surface area (Å²) >= 11 is 9.14. The van der Waals surface area contributed by atoms with E-state index in [2.05, 4.69) is 50.2 Å². The van der Waals surface area contributed by atoms with Crippen molar-refractivity contribution < 1.29 is 13.2 Å². The van der Waals surface area contributed by atoms with Gasteiger partial charge in [-0.2, -0.15) is 22.9 Å². The molecule has 0 aliphatic carbocycles. The van der Waals surface area contributed by atoms with Crippen LogP contribution in [0.25, 0.3) is 22.3 Å². The number of rotatable bonds is 8. The van der Waals surface area contributed by atoms with Gasteiger partial charge in [0.2, 0.25) is 0 Å². The molecule has 0 saturated carbocycles. The zero-order valence-electron chi connectivity index (χ0n) is 23.0. The molecular weight excluding hydrogens is 633 g/mol. The van der Waals surface area contributed by atoms with Gasteiger partial charge >= 0.3 is 6.18 Å². The molecule has 42 heavy (non-hydrogen) atoms. The van der Waals surface area contributed by atoms with Crippen molar-refractivity contribution in [2.75, 3.05) is 26.2 Å². The Morgan fingerprint density at radius 3 is 2.38 bits per heavy atom. The first-order chi connectivity index (χ1) is 20.1. The first kappa shape index (κ1) is 30.4. The van der Waals surface area contributed by atoms with Crippen molar-refractivity contribution in [3.8, 4) is 11.4 Å². The first-order valence-electron chi connectivity index (χ1n) is 13.5. The Kier molecular flexibility index (Phi) is 9.14. The van der Waals surface area contributed by atoms with Gasteiger partial charge in [-0.05, 0) is 41.5 Å². The summed E-state index contributed by atoms with van der Waals surface area (Å²) in [5.41, 5.74) is 0.886. The number of benzene rings is 3. The largest absolute Gasteiger partial charge is 0.417 e. The lowest BCUT2D eigenvalue weighted by molar-refractivity contribution is -0.137. The topological polar surface area (TPSA) is 65.8 Å². The molecule has 3 aromatic carbocycles. The molecule has 1 aliphatic heterocycles. The zero-order chi connectivity index (χ0) is 30.0. The normalized spacial score (nSPS) is 15.4. The van der Waals surface area contributed by atoms with Crippen molar-refractivity contribution in [1.82, 2.24) is 25.0 Å². The fourth-order valence-electron chi connectivity index (χ4n) is 5.03. The summed E-state index contributed by atoms with van der Waals surface area (Å²) in [5, 5.41) is 12.5. The summed E-state index contributed by atoms with van der Waals surface area (Å²) in [4.78, 5) is 18.3. The lowest BCUT2D eigenvalue weighted by atomic mass is 10.1. The van der Waals surface area contributed by atoms with Crippen molar-refractivity contribution in [2.24, 2.45) is 5.10 Å². The van der Waals surface area contributed by atoms with E-state index >= 15 is 0 Å². The van der Waals surface area contributed by atoms with Gasteiger partial charge in [-0.1, -0.05) is 71.7 Å². The van der Waals surface area contributed by atoms with Crippen molar-refractivity contribution in [3.05, 3.63) is 97.2 Å². The fourth-order valence-corrected chi connectivity index (χ4v) is 5.61. The molecule has 220 valence electrons. The lowest BCUT2D eigenvalue weighted by Gasteiger charge is -2.24. The molecular formula is C30H29BrClF3N6O. The Morgan fingerprint density at radius 2 is 1.74 bits per heavy atom. The number of aromatic nitrogens is 2. The van der Waals surface area contributed by atoms with Crippen LogP contribution in [0.5, 0.6) is 0 Å². The number of hydrogen-bond acceptors (Lipinski definition) is 6. The number of fused-ring (bicyclic) bond motifs is 1. The highest BCUT2D eigenvalue weighted by Crippen LogP contribution is 2.35. The van der Waals surface area contributed by atoms with Gasteiger partial charge < -0.3 is 5.32 Å². The number of alkyl halides is 3. The summed E-state index contributed by atoms with van der Waals surface area (Å²) in [7, 11) is 0. The molecule has 1 aliphatic rings. The number of nitrogens with one attached hydrogen (secondary N) is 1. The van der Waals surface area contributed by atoms with Crippen LogP contribution in [-0.4, -0.2) is 58.1 Å². The summed E-state index contributed by atoms with van der Waals surface area (Å²) < 4.78 is 42.0. The molecule has 0 radical (unpaired) electrons. The maximum atomic E-state index is 13.6. The number of hydrogen-bond donors (Lipinski definition) is 1. The number of halogens is 5. The highest BCUT2D eigenvalue weighted by molar-refractivity contribution is 9.10. The maximum absolute atomic E-state index is 13.6. The van der Waals surface area contributed by atoms with Crippen LogP contribution in [0.1, 0.15) is 30.5 Å². The van der Waals surface area contributed by atoms with Crippen LogP contribution in [0.3, 0.4) is 0 Å². The molecule has 0 unspecified atom stereocenters. The summed E-state index contributed by atoms with van der Waals surface area (Å²) in [6, 6.07) is 16.6. The summed E-state index contributed by atoms with van der Waals surface area (Å²) in [5.74, 6) is 0.267. The molecule has 0 spiro atoms. The summed E-state index contributed by atoms with van der Waals surface area (Å²) in [6.45, 7) is 8.86. The minimum Gasteiger partial charge on any atom is -0.307 e. The Bertz CT molecular complexity index is 1660. The molecule has 4 aromatic rings. The van der Waals surface area contributed by atoms with Crippen LogP contribution in [0.15, 0.2) is 75.0 Å². The van der Waals surface area contributed by atoms with E-state index in [1.54, 1.807) is 18.2 Å². The predicted octanol–water partition coefficient (Wildman–Crippen LogP) is 6.41. The molecule has 7 nitrogen and oxygen atoms in total. The van der Waals surface area contributed by atoms with Crippen LogP contribution >= 0.6 is 27.5 Å². The van der Waals surface area contributed by atoms with E-state index in [1.807, 2.05) is 24.3 Å². The second-order valence-corrected chi connectivity index (χ2v) is 11.3. The van der Waals surface area contributed by atoms with Crippen molar-refractivity contribution in [2.45, 2.75) is 32.6 Å². The highest BCUT2D eigenvalue weighted by atomic mass is 79.9. The van der Waals surface area contributed by atoms with E-state index < -0.39 is 22.3 Å². The van der Waals surface area contributed by atoms with Gasteiger partial charge in [0.1, 0.15) is 0 Å². The molecule has 1 aromatic heterocycles. The van der Waals surface area contributed by atoms with E-state index in [0.29, 0.717) is 33.5 Å². The SMILES string of the molecule is CCN1CC(NCc2ccc(-c3nc4ccc(Br)cc4c(=O)n3N=Cc3ccc(Cl)c(C(F)(F)F)c3)cc2)CN1CC. The average molecular weight is 662 g/mol. The quantitative estimate of drug-likeness (QED) is 0.221. The molecule has 0 atom stereocenters. The lowest BCUT2D eigenvalue weighted by Crippen LogP contribution is -2.35. The van der Waals surface area contributed by atoms with E-state index in [1.165, 1.54) is 12.3 Å². The molecule has 5 rings (SSSR count). The van der Waals surface area contributed by atoms with Gasteiger partial charge in [-0.25, -0.2) is 15.0 Å². The van der Waals surface area contributed by atoms with Gasteiger partial charge in [0.25, 0.3) is 5.56 Å². The third-order valence-corrected chi connectivity index (χ3v) is 8.05. The summed E-state index contributed by atoms with van der Waals surface area (Å²) in [6.07, 6.45) is -3.43. The van der Waals surface area contributed by atoms with Gasteiger partial charge in [-0.3, -0.25) is 4.79 Å². The Labute approximate surface area is 254 Å². The molecule has 12 heteroatoms. The highest BCUT2D eigenvalue weighted by Gasteiger charge is 2.33. The van der Waals surface area contributed by atoms with Crippen molar-refractivity contribution in [3.63, 3.8) is 0 Å². The molecule has 0 amide bonds. The third-order valence-electron chi connectivity index (χ3n) is 7.23. The first-order valence-corrected chi connectivity index (χ1v) is 14.7. The number of likely N-dealkylation sites (N-methyl/N-ethyl adjacent to an activating group) is 2. The fraction of sp³-hybridized carbons (Fsp3) is 0.300. The molecule has 2 heterocycles. The standard InChI is InChI=1S/C30H29BrClF3N6O/c1-3-39-17-23(18-40(39)4-2)36-15-19-5-8-21(9-6-19)28-38-27-12-10-22(31)14-24(27)29(42)41(28)37-16-20-7-11-26(32)25(13-20)30(33,34)35/h5-14,16,23,36H,3-4,15,17-18H2,1-2H3. The molecule has 1 saturated heterocycles. The minimum absolute atomic E-state index is 0.135. The number of nitrogens with zero attached hydrogens (tertiary/aromatic N) is 5. The maximum Gasteiger partial charge on any atom is 0.417 e. The Morgan fingerprint density at radius 1 is 1.05 bits per heavy atom. The van der Waals surface area contributed by atoms with Crippen LogP contribution in [0, 0.1) is 0 Å². The van der Waals surface area contributed by atoms with E-state index in [-0.39, 0.29) is 11.4 Å². The van der Waals surface area contributed by atoms with Crippen molar-refractivity contribution >= 4 is 44.6 Å². The molecule has 1 fully saturated rings. The number of hydrazine groups is 1. The predicted molar refractivity (Wildman–Crippen MR) is 164 cm³/mol. The van der Waals surface area contributed by atoms with E-state index in [4.69, 9.17) is 16.6 Å². The molecule has 1 N–H and O–H groups in total. The van der Waals surface area contributed by atoms with Crippen LogP contribution in [-0.2, 0) is 12.7 Å². The Balaban J connectivity index is 1.46. The van der Waals surface area contributed by atoms with Gasteiger partial charge in [0, 0.05) is 48.8 Å². The smallest absolute Gasteiger partial charge is 0.307 e. The average Bonchev–Trinajstić information content (AvgIpc) is 3.38. The Hall–Kier alpha value is -3.09. The van der Waals surface area contributed by atoms with Gasteiger partial charge in [0.05, 0.1) is 27.7 Å². The van der Waals surface area contributed by atoms with Crippen LogP contribution in [0.4, 0.5) is 13.2 Å². The van der Waals surface area contributed by atoms with Crippen LogP contribution in [0.2, 0.25) is 5.02 Å². The minimum atomic E-state index is -4.63. The van der Waals surface area contributed by atoms with Crippen molar-refractivity contribution in [1.29, 1.82) is 0 Å². The van der Waals surface area contributed by atoms with Gasteiger partial charge in [-0.15, -0.1) is 0 Å². The zero-order valence-corrected chi connectivity index (χ0v) is 25.3. The third kappa shape index (κ3) is 6.60.